The molecule has 1 amide bonds. The van der Waals surface area contributed by atoms with Crippen LogP contribution in [0.2, 0.25) is 0 Å². The van der Waals surface area contributed by atoms with Crippen LogP contribution in [0.5, 0.6) is 0 Å². The highest BCUT2D eigenvalue weighted by atomic mass is 16.4. The van der Waals surface area contributed by atoms with Gasteiger partial charge in [-0.1, -0.05) is 6.07 Å². The van der Waals surface area contributed by atoms with Crippen LogP contribution in [0.3, 0.4) is 0 Å². The predicted molar refractivity (Wildman–Crippen MR) is 74.7 cm³/mol. The molecule has 0 saturated heterocycles. The number of aromatic carboxylic acids is 1. The second-order valence-electron chi connectivity index (χ2n) is 4.18. The Hall–Kier alpha value is -2.89. The summed E-state index contributed by atoms with van der Waals surface area (Å²) in [5.41, 5.74) is 7.07. The number of carbonyl (C=O) groups excluding carboxylic acids is 1. The Labute approximate surface area is 115 Å². The molecule has 0 atom stereocenters. The maximum Gasteiger partial charge on any atom is 0.336 e. The maximum atomic E-state index is 12.1. The zero-order chi connectivity index (χ0) is 14.7. The van der Waals surface area contributed by atoms with Crippen molar-refractivity contribution in [1.82, 2.24) is 4.98 Å². The SMILES string of the molecule is Cc1c(NC(=O)c2ncccc2N)cccc1C(=O)O. The Morgan fingerprint density at radius 2 is 2.00 bits per heavy atom. The number of hydrogen-bond acceptors (Lipinski definition) is 4. The van der Waals surface area contributed by atoms with Crippen LogP contribution in [0.25, 0.3) is 0 Å². The minimum atomic E-state index is -1.05. The molecule has 1 aromatic heterocycles. The summed E-state index contributed by atoms with van der Waals surface area (Å²) >= 11 is 0. The van der Waals surface area contributed by atoms with Gasteiger partial charge < -0.3 is 16.2 Å². The molecule has 102 valence electrons. The number of carboxylic acids is 1. The average Bonchev–Trinajstić information content (AvgIpc) is 2.41. The summed E-state index contributed by atoms with van der Waals surface area (Å²) in [5.74, 6) is -1.52. The molecule has 1 aromatic carbocycles. The van der Waals surface area contributed by atoms with E-state index in [1.165, 1.54) is 12.3 Å². The van der Waals surface area contributed by atoms with Crippen molar-refractivity contribution in [2.24, 2.45) is 0 Å². The quantitative estimate of drug-likeness (QED) is 0.791. The summed E-state index contributed by atoms with van der Waals surface area (Å²) in [5, 5.41) is 11.7. The first-order valence-corrected chi connectivity index (χ1v) is 5.85. The normalized spacial score (nSPS) is 10.1. The third-order valence-electron chi connectivity index (χ3n) is 2.87. The van der Waals surface area contributed by atoms with Gasteiger partial charge in [0.15, 0.2) is 5.69 Å². The molecule has 6 heteroatoms. The van der Waals surface area contributed by atoms with Crippen LogP contribution >= 0.6 is 0 Å². The topological polar surface area (TPSA) is 105 Å². The van der Waals surface area contributed by atoms with Crippen molar-refractivity contribution >= 4 is 23.3 Å². The van der Waals surface area contributed by atoms with Crippen LogP contribution in [0, 0.1) is 6.92 Å². The lowest BCUT2D eigenvalue weighted by Gasteiger charge is -2.10. The molecular weight excluding hydrogens is 258 g/mol. The second kappa shape index (κ2) is 5.40. The Bertz CT molecular complexity index is 683. The fourth-order valence-electron chi connectivity index (χ4n) is 1.79. The van der Waals surface area contributed by atoms with E-state index in [-0.39, 0.29) is 16.9 Å². The third-order valence-corrected chi connectivity index (χ3v) is 2.87. The summed E-state index contributed by atoms with van der Waals surface area (Å²) in [7, 11) is 0. The van der Waals surface area contributed by atoms with Gasteiger partial charge in [0.05, 0.1) is 11.3 Å². The molecule has 2 rings (SSSR count). The minimum absolute atomic E-state index is 0.104. The molecule has 0 saturated carbocycles. The van der Waals surface area contributed by atoms with Crippen molar-refractivity contribution in [2.75, 3.05) is 11.1 Å². The number of anilines is 2. The van der Waals surface area contributed by atoms with Gasteiger partial charge in [-0.25, -0.2) is 9.78 Å². The van der Waals surface area contributed by atoms with Crippen LogP contribution in [-0.4, -0.2) is 22.0 Å². The zero-order valence-corrected chi connectivity index (χ0v) is 10.8. The fourth-order valence-corrected chi connectivity index (χ4v) is 1.79. The van der Waals surface area contributed by atoms with Crippen LogP contribution < -0.4 is 11.1 Å². The van der Waals surface area contributed by atoms with Crippen LogP contribution in [0.15, 0.2) is 36.5 Å². The van der Waals surface area contributed by atoms with Crippen molar-refractivity contribution in [1.29, 1.82) is 0 Å². The van der Waals surface area contributed by atoms with Crippen LogP contribution in [0.4, 0.5) is 11.4 Å². The first-order chi connectivity index (χ1) is 9.50. The molecule has 20 heavy (non-hydrogen) atoms. The summed E-state index contributed by atoms with van der Waals surface area (Å²) < 4.78 is 0. The first kappa shape index (κ1) is 13.5. The maximum absolute atomic E-state index is 12.1. The van der Waals surface area contributed by atoms with Gasteiger partial charge in [-0.15, -0.1) is 0 Å². The van der Waals surface area contributed by atoms with E-state index >= 15 is 0 Å². The van der Waals surface area contributed by atoms with Gasteiger partial charge in [0.2, 0.25) is 0 Å². The number of hydrogen-bond donors (Lipinski definition) is 3. The lowest BCUT2D eigenvalue weighted by atomic mass is 10.1. The Balaban J connectivity index is 2.32. The Kier molecular flexibility index (Phi) is 3.65. The molecule has 4 N–H and O–H groups in total. The highest BCUT2D eigenvalue weighted by molar-refractivity contribution is 6.07. The molecule has 0 aliphatic heterocycles. The molecule has 0 aliphatic rings. The van der Waals surface area contributed by atoms with Crippen LogP contribution in [0.1, 0.15) is 26.4 Å². The monoisotopic (exact) mass is 271 g/mol. The molecule has 6 nitrogen and oxygen atoms in total. The number of nitrogens with one attached hydrogen (secondary N) is 1. The predicted octanol–water partition coefficient (Wildman–Crippen LogP) is 1.92. The van der Waals surface area contributed by atoms with Gasteiger partial charge >= 0.3 is 5.97 Å². The van der Waals surface area contributed by atoms with Crippen molar-refractivity contribution in [2.45, 2.75) is 6.92 Å². The second-order valence-corrected chi connectivity index (χ2v) is 4.18. The van der Waals surface area contributed by atoms with Crippen molar-refractivity contribution in [3.05, 3.63) is 53.3 Å². The number of aromatic nitrogens is 1. The number of rotatable bonds is 3. The lowest BCUT2D eigenvalue weighted by molar-refractivity contribution is 0.0695. The van der Waals surface area contributed by atoms with E-state index in [0.717, 1.165) is 0 Å². The summed E-state index contributed by atoms with van der Waals surface area (Å²) in [6.45, 7) is 1.63. The van der Waals surface area contributed by atoms with Crippen molar-refractivity contribution in [3.8, 4) is 0 Å². The molecule has 0 bridgehead atoms. The van der Waals surface area contributed by atoms with Gasteiger partial charge in [-0.3, -0.25) is 4.79 Å². The standard InChI is InChI=1S/C14H13N3O3/c1-8-9(14(19)20)4-2-6-11(8)17-13(18)12-10(15)5-3-7-16-12/h2-7H,15H2,1H3,(H,17,18)(H,19,20). The van der Waals surface area contributed by atoms with Gasteiger partial charge in [-0.05, 0) is 36.8 Å². The van der Waals surface area contributed by atoms with E-state index in [0.29, 0.717) is 11.3 Å². The average molecular weight is 271 g/mol. The minimum Gasteiger partial charge on any atom is -0.478 e. The van der Waals surface area contributed by atoms with Gasteiger partial charge in [0, 0.05) is 11.9 Å². The summed E-state index contributed by atoms with van der Waals surface area (Å²) in [4.78, 5) is 27.0. The Morgan fingerprint density at radius 3 is 2.65 bits per heavy atom. The number of nitrogens with two attached hydrogens (primary N) is 1. The number of nitrogens with zero attached hydrogens (tertiary/aromatic N) is 1. The van der Waals surface area contributed by atoms with Gasteiger partial charge in [0.1, 0.15) is 0 Å². The number of benzene rings is 1. The van der Waals surface area contributed by atoms with E-state index in [2.05, 4.69) is 10.3 Å². The van der Waals surface area contributed by atoms with E-state index in [4.69, 9.17) is 10.8 Å². The molecule has 1 heterocycles. The molecule has 0 aliphatic carbocycles. The molecule has 2 aromatic rings. The zero-order valence-electron chi connectivity index (χ0n) is 10.8. The van der Waals surface area contributed by atoms with E-state index in [1.807, 2.05) is 0 Å². The number of pyridine rings is 1. The Morgan fingerprint density at radius 1 is 1.25 bits per heavy atom. The highest BCUT2D eigenvalue weighted by Gasteiger charge is 2.15. The number of amides is 1. The largest absolute Gasteiger partial charge is 0.478 e. The summed E-state index contributed by atoms with van der Waals surface area (Å²) in [6.07, 6.45) is 1.46. The van der Waals surface area contributed by atoms with Gasteiger partial charge in [-0.2, -0.15) is 0 Å². The molecule has 0 fully saturated rings. The number of nitrogen functional groups attached to an aromatic ring is 1. The number of carboxylic acid groups (broad SMARTS) is 1. The molecule has 0 radical (unpaired) electrons. The number of carbonyl (C=O) groups is 2. The van der Waals surface area contributed by atoms with E-state index < -0.39 is 11.9 Å². The van der Waals surface area contributed by atoms with Crippen LogP contribution in [-0.2, 0) is 0 Å². The third kappa shape index (κ3) is 2.59. The van der Waals surface area contributed by atoms with Crippen molar-refractivity contribution in [3.63, 3.8) is 0 Å². The van der Waals surface area contributed by atoms with E-state index in [9.17, 15) is 9.59 Å². The lowest BCUT2D eigenvalue weighted by Crippen LogP contribution is -2.17. The molecule has 0 spiro atoms. The fraction of sp³-hybridized carbons (Fsp3) is 0.0714. The van der Waals surface area contributed by atoms with E-state index in [1.54, 1.807) is 31.2 Å². The van der Waals surface area contributed by atoms with Gasteiger partial charge in [0.25, 0.3) is 5.91 Å². The first-order valence-electron chi connectivity index (χ1n) is 5.85. The smallest absolute Gasteiger partial charge is 0.336 e. The summed E-state index contributed by atoms with van der Waals surface area (Å²) in [6, 6.07) is 7.86. The highest BCUT2D eigenvalue weighted by Crippen LogP contribution is 2.20. The molecule has 0 unspecified atom stereocenters. The van der Waals surface area contributed by atoms with Crippen molar-refractivity contribution < 1.29 is 14.7 Å². The molecular formula is C14H13N3O3.